The van der Waals surface area contributed by atoms with E-state index in [0.717, 1.165) is 32.0 Å². The van der Waals surface area contributed by atoms with Crippen LogP contribution >= 0.6 is 0 Å². The summed E-state index contributed by atoms with van der Waals surface area (Å²) >= 11 is 0. The molecule has 1 saturated carbocycles. The van der Waals surface area contributed by atoms with Gasteiger partial charge < -0.3 is 10.1 Å². The van der Waals surface area contributed by atoms with Crippen molar-refractivity contribution in [1.82, 2.24) is 15.1 Å². The van der Waals surface area contributed by atoms with Gasteiger partial charge in [-0.3, -0.25) is 4.68 Å². The molecule has 1 aliphatic carbocycles. The van der Waals surface area contributed by atoms with Crippen molar-refractivity contribution in [3.63, 3.8) is 0 Å². The van der Waals surface area contributed by atoms with E-state index in [2.05, 4.69) is 23.4 Å². The maximum atomic E-state index is 5.09. The summed E-state index contributed by atoms with van der Waals surface area (Å²) in [7, 11) is 3.78. The minimum Gasteiger partial charge on any atom is -0.383 e. The fourth-order valence-electron chi connectivity index (χ4n) is 2.83. The number of nitrogens with zero attached hydrogens (tertiary/aromatic N) is 2. The van der Waals surface area contributed by atoms with Crippen molar-refractivity contribution in [1.29, 1.82) is 0 Å². The minimum absolute atomic E-state index is 0.415. The molecule has 4 heteroatoms. The third-order valence-corrected chi connectivity index (χ3v) is 4.45. The number of methoxy groups -OCH3 is 1. The molecule has 1 aromatic rings. The number of ether oxygens (including phenoxy) is 1. The first-order chi connectivity index (χ1) is 9.15. The lowest BCUT2D eigenvalue weighted by Gasteiger charge is -2.30. The fourth-order valence-corrected chi connectivity index (χ4v) is 2.83. The van der Waals surface area contributed by atoms with Crippen molar-refractivity contribution in [2.24, 2.45) is 18.4 Å². The van der Waals surface area contributed by atoms with E-state index < -0.39 is 0 Å². The molecule has 0 radical (unpaired) electrons. The van der Waals surface area contributed by atoms with E-state index in [-0.39, 0.29) is 0 Å². The van der Waals surface area contributed by atoms with Crippen molar-refractivity contribution in [2.45, 2.75) is 32.6 Å². The highest BCUT2D eigenvalue weighted by molar-refractivity contribution is 5.02. The Morgan fingerprint density at radius 1 is 1.53 bits per heavy atom. The molecular weight excluding hydrogens is 238 g/mol. The van der Waals surface area contributed by atoms with E-state index in [0.29, 0.717) is 5.41 Å². The van der Waals surface area contributed by atoms with Crippen molar-refractivity contribution in [3.05, 3.63) is 18.0 Å². The molecule has 0 aliphatic heterocycles. The van der Waals surface area contributed by atoms with Crippen LogP contribution in [0.1, 0.15) is 31.9 Å². The van der Waals surface area contributed by atoms with Crippen molar-refractivity contribution < 1.29 is 4.74 Å². The Hall–Kier alpha value is -0.870. The first-order valence-corrected chi connectivity index (χ1v) is 7.32. The van der Waals surface area contributed by atoms with Crippen LogP contribution in [0, 0.1) is 11.3 Å². The molecule has 1 N–H and O–H groups in total. The molecule has 4 nitrogen and oxygen atoms in total. The van der Waals surface area contributed by atoms with E-state index in [1.807, 2.05) is 17.9 Å². The highest BCUT2D eigenvalue weighted by Crippen LogP contribution is 2.47. The quantitative estimate of drug-likeness (QED) is 0.694. The molecule has 1 atom stereocenters. The Bertz CT molecular complexity index is 386. The predicted molar refractivity (Wildman–Crippen MR) is 77.1 cm³/mol. The summed E-state index contributed by atoms with van der Waals surface area (Å²) in [5, 5.41) is 7.79. The third-order valence-electron chi connectivity index (χ3n) is 4.45. The lowest BCUT2D eigenvalue weighted by molar-refractivity contribution is 0.183. The first-order valence-electron chi connectivity index (χ1n) is 7.32. The molecule has 0 saturated heterocycles. The largest absolute Gasteiger partial charge is 0.383 e. The Balaban J connectivity index is 1.83. The Kier molecular flexibility index (Phi) is 4.99. The normalized spacial score (nSPS) is 18.5. The summed E-state index contributed by atoms with van der Waals surface area (Å²) in [5.41, 5.74) is 1.75. The van der Waals surface area contributed by atoms with Crippen LogP contribution in [-0.4, -0.2) is 36.6 Å². The molecule has 1 unspecified atom stereocenters. The number of aryl methyl sites for hydroxylation is 2. The zero-order valence-corrected chi connectivity index (χ0v) is 12.5. The SMILES string of the molecule is COCCNCC(C)(CCc1ccnn1C)C1CC1. The van der Waals surface area contributed by atoms with Gasteiger partial charge in [0.05, 0.1) is 6.61 Å². The van der Waals surface area contributed by atoms with E-state index >= 15 is 0 Å². The van der Waals surface area contributed by atoms with E-state index in [1.54, 1.807) is 7.11 Å². The Morgan fingerprint density at radius 3 is 2.89 bits per heavy atom. The standard InChI is InChI=1S/C15H27N3O/c1-15(13-4-5-13,12-16-10-11-19-3)8-6-14-7-9-17-18(14)2/h7,9,13,16H,4-6,8,10-12H2,1-3H3. The van der Waals surface area contributed by atoms with Crippen LogP contribution in [0.2, 0.25) is 0 Å². The second kappa shape index (κ2) is 6.53. The highest BCUT2D eigenvalue weighted by Gasteiger charge is 2.40. The highest BCUT2D eigenvalue weighted by atomic mass is 16.5. The monoisotopic (exact) mass is 265 g/mol. The molecule has 0 aromatic carbocycles. The van der Waals surface area contributed by atoms with Gasteiger partial charge in [0.15, 0.2) is 0 Å². The molecule has 1 heterocycles. The fraction of sp³-hybridized carbons (Fsp3) is 0.800. The number of rotatable bonds is 9. The van der Waals surface area contributed by atoms with E-state index in [1.165, 1.54) is 25.0 Å². The average molecular weight is 265 g/mol. The minimum atomic E-state index is 0.415. The second-order valence-corrected chi connectivity index (χ2v) is 6.04. The summed E-state index contributed by atoms with van der Waals surface area (Å²) in [5.74, 6) is 0.899. The molecule has 108 valence electrons. The first kappa shape index (κ1) is 14.5. The number of aromatic nitrogens is 2. The molecule has 1 fully saturated rings. The van der Waals surface area contributed by atoms with Gasteiger partial charge in [0.25, 0.3) is 0 Å². The lowest BCUT2D eigenvalue weighted by atomic mass is 9.80. The van der Waals surface area contributed by atoms with Gasteiger partial charge in [-0.15, -0.1) is 0 Å². The second-order valence-electron chi connectivity index (χ2n) is 6.04. The van der Waals surface area contributed by atoms with Crippen molar-refractivity contribution in [2.75, 3.05) is 26.8 Å². The average Bonchev–Trinajstić information content (AvgIpc) is 3.17. The molecule has 0 amide bonds. The van der Waals surface area contributed by atoms with Crippen LogP contribution in [0.5, 0.6) is 0 Å². The topological polar surface area (TPSA) is 39.1 Å². The maximum Gasteiger partial charge on any atom is 0.0587 e. The Morgan fingerprint density at radius 2 is 2.32 bits per heavy atom. The van der Waals surface area contributed by atoms with Crippen molar-refractivity contribution in [3.8, 4) is 0 Å². The maximum absolute atomic E-state index is 5.09. The van der Waals surface area contributed by atoms with Gasteiger partial charge >= 0.3 is 0 Å². The summed E-state index contributed by atoms with van der Waals surface area (Å²) < 4.78 is 7.08. The molecular formula is C15H27N3O. The van der Waals surface area contributed by atoms with Gasteiger partial charge in [0.1, 0.15) is 0 Å². The van der Waals surface area contributed by atoms with Crippen LogP contribution in [0.3, 0.4) is 0 Å². The summed E-state index contributed by atoms with van der Waals surface area (Å²) in [6.07, 6.45) is 7.04. The Labute approximate surface area is 116 Å². The zero-order chi connectivity index (χ0) is 13.7. The van der Waals surface area contributed by atoms with Crippen LogP contribution in [0.25, 0.3) is 0 Å². The van der Waals surface area contributed by atoms with Crippen LogP contribution < -0.4 is 5.32 Å². The van der Waals surface area contributed by atoms with Crippen LogP contribution in [0.4, 0.5) is 0 Å². The van der Waals surface area contributed by atoms with Gasteiger partial charge in [-0.1, -0.05) is 6.92 Å². The molecule has 1 aromatic heterocycles. The van der Waals surface area contributed by atoms with Gasteiger partial charge in [0, 0.05) is 39.1 Å². The van der Waals surface area contributed by atoms with Gasteiger partial charge in [-0.2, -0.15) is 5.10 Å². The summed E-state index contributed by atoms with van der Waals surface area (Å²) in [4.78, 5) is 0. The van der Waals surface area contributed by atoms with Crippen molar-refractivity contribution >= 4 is 0 Å². The van der Waals surface area contributed by atoms with Crippen LogP contribution in [-0.2, 0) is 18.2 Å². The molecule has 0 spiro atoms. The predicted octanol–water partition coefficient (Wildman–Crippen LogP) is 2.00. The van der Waals surface area contributed by atoms with E-state index in [4.69, 9.17) is 4.74 Å². The zero-order valence-electron chi connectivity index (χ0n) is 12.5. The molecule has 19 heavy (non-hydrogen) atoms. The van der Waals surface area contributed by atoms with Gasteiger partial charge in [0.2, 0.25) is 0 Å². The van der Waals surface area contributed by atoms with E-state index in [9.17, 15) is 0 Å². The lowest BCUT2D eigenvalue weighted by Crippen LogP contribution is -2.35. The summed E-state index contributed by atoms with van der Waals surface area (Å²) in [6, 6.07) is 2.13. The molecule has 2 rings (SSSR count). The number of nitrogens with one attached hydrogen (secondary N) is 1. The molecule has 1 aliphatic rings. The van der Waals surface area contributed by atoms with Crippen LogP contribution in [0.15, 0.2) is 12.3 Å². The molecule has 0 bridgehead atoms. The smallest absolute Gasteiger partial charge is 0.0587 e. The number of hydrogen-bond acceptors (Lipinski definition) is 3. The van der Waals surface area contributed by atoms with Gasteiger partial charge in [-0.05, 0) is 43.1 Å². The third kappa shape index (κ3) is 4.05. The summed E-state index contributed by atoms with van der Waals surface area (Å²) in [6.45, 7) is 5.27. The number of hydrogen-bond donors (Lipinski definition) is 1. The van der Waals surface area contributed by atoms with Gasteiger partial charge in [-0.25, -0.2) is 0 Å².